The minimum absolute atomic E-state index is 0.148. The highest BCUT2D eigenvalue weighted by molar-refractivity contribution is 6.10. The zero-order chi connectivity index (χ0) is 18.6. The van der Waals surface area contributed by atoms with Crippen LogP contribution in [0, 0.1) is 6.92 Å². The molecule has 5 heteroatoms. The van der Waals surface area contributed by atoms with Crippen molar-refractivity contribution in [3.63, 3.8) is 0 Å². The average Bonchev–Trinajstić information content (AvgIpc) is 3.24. The van der Waals surface area contributed by atoms with E-state index in [4.69, 9.17) is 9.47 Å². The maximum Gasteiger partial charge on any atom is 0.268 e. The van der Waals surface area contributed by atoms with E-state index < -0.39 is 5.60 Å². The smallest absolute Gasteiger partial charge is 0.268 e. The molecule has 5 rings (SSSR count). The Morgan fingerprint density at radius 3 is 2.67 bits per heavy atom. The van der Waals surface area contributed by atoms with E-state index in [0.717, 1.165) is 36.9 Å². The van der Waals surface area contributed by atoms with E-state index in [0.29, 0.717) is 22.6 Å². The molecule has 1 aliphatic carbocycles. The van der Waals surface area contributed by atoms with Crippen LogP contribution in [0.4, 0.5) is 5.69 Å². The van der Waals surface area contributed by atoms with Crippen LogP contribution in [-0.2, 0) is 10.4 Å². The first-order chi connectivity index (χ1) is 13.1. The SMILES string of the molecule is Cc1cccc2c1C(O)(c1ccc3c(c1)OCO3)C(=O)N2C1CCCCC1. The first kappa shape index (κ1) is 16.6. The molecule has 0 radical (unpaired) electrons. The van der Waals surface area contributed by atoms with Gasteiger partial charge in [0.25, 0.3) is 5.91 Å². The number of amides is 1. The van der Waals surface area contributed by atoms with Crippen LogP contribution in [0.25, 0.3) is 0 Å². The van der Waals surface area contributed by atoms with Crippen LogP contribution in [0.3, 0.4) is 0 Å². The van der Waals surface area contributed by atoms with Crippen LogP contribution in [0.15, 0.2) is 36.4 Å². The molecule has 0 spiro atoms. The second kappa shape index (κ2) is 5.99. The summed E-state index contributed by atoms with van der Waals surface area (Å²) in [5, 5.41) is 11.8. The van der Waals surface area contributed by atoms with Crippen molar-refractivity contribution < 1.29 is 19.4 Å². The highest BCUT2D eigenvalue weighted by Crippen LogP contribution is 2.49. The molecule has 0 aromatic heterocycles. The van der Waals surface area contributed by atoms with Crippen molar-refractivity contribution >= 4 is 11.6 Å². The molecule has 2 aromatic rings. The number of carbonyl (C=O) groups is 1. The van der Waals surface area contributed by atoms with Crippen molar-refractivity contribution in [3.8, 4) is 11.5 Å². The van der Waals surface area contributed by atoms with Gasteiger partial charge in [0.1, 0.15) is 0 Å². The van der Waals surface area contributed by atoms with Gasteiger partial charge in [-0.2, -0.15) is 0 Å². The number of anilines is 1. The molecule has 1 fully saturated rings. The highest BCUT2D eigenvalue weighted by atomic mass is 16.7. The number of ether oxygens (including phenoxy) is 2. The normalized spacial score (nSPS) is 24.4. The van der Waals surface area contributed by atoms with Gasteiger partial charge in [-0.3, -0.25) is 4.79 Å². The number of aryl methyl sites for hydroxylation is 1. The van der Waals surface area contributed by atoms with Crippen molar-refractivity contribution in [2.75, 3.05) is 11.7 Å². The predicted molar refractivity (Wildman–Crippen MR) is 101 cm³/mol. The molecule has 1 amide bonds. The van der Waals surface area contributed by atoms with E-state index in [1.165, 1.54) is 6.42 Å². The summed E-state index contributed by atoms with van der Waals surface area (Å²) in [7, 11) is 0. The van der Waals surface area contributed by atoms with Gasteiger partial charge in [-0.25, -0.2) is 0 Å². The third-order valence-corrected chi connectivity index (χ3v) is 6.13. The molecule has 2 aliphatic heterocycles. The number of fused-ring (bicyclic) bond motifs is 2. The molecule has 1 atom stereocenters. The third-order valence-electron chi connectivity index (χ3n) is 6.13. The number of rotatable bonds is 2. The summed E-state index contributed by atoms with van der Waals surface area (Å²) >= 11 is 0. The van der Waals surface area contributed by atoms with Gasteiger partial charge < -0.3 is 19.5 Å². The zero-order valence-electron chi connectivity index (χ0n) is 15.4. The Morgan fingerprint density at radius 1 is 1.07 bits per heavy atom. The van der Waals surface area contributed by atoms with Crippen LogP contribution in [0.1, 0.15) is 48.8 Å². The summed E-state index contributed by atoms with van der Waals surface area (Å²) < 4.78 is 10.9. The summed E-state index contributed by atoms with van der Waals surface area (Å²) in [5.74, 6) is 0.958. The second-order valence-electron chi connectivity index (χ2n) is 7.71. The number of carbonyl (C=O) groups excluding carboxylic acids is 1. The lowest BCUT2D eigenvalue weighted by Gasteiger charge is -2.32. The summed E-state index contributed by atoms with van der Waals surface area (Å²) in [6, 6.07) is 11.3. The molecule has 27 heavy (non-hydrogen) atoms. The van der Waals surface area contributed by atoms with E-state index in [-0.39, 0.29) is 18.7 Å². The van der Waals surface area contributed by atoms with Gasteiger partial charge in [0.2, 0.25) is 6.79 Å². The number of nitrogens with zero attached hydrogens (tertiary/aromatic N) is 1. The summed E-state index contributed by atoms with van der Waals surface area (Å²) in [5.41, 5.74) is 1.29. The number of aliphatic hydroxyl groups is 1. The van der Waals surface area contributed by atoms with Gasteiger partial charge in [0.15, 0.2) is 17.1 Å². The van der Waals surface area contributed by atoms with Gasteiger partial charge >= 0.3 is 0 Å². The fourth-order valence-corrected chi connectivity index (χ4v) is 4.81. The Balaban J connectivity index is 1.67. The van der Waals surface area contributed by atoms with Crippen molar-refractivity contribution in [3.05, 3.63) is 53.1 Å². The maximum atomic E-state index is 13.6. The van der Waals surface area contributed by atoms with Crippen molar-refractivity contribution in [1.82, 2.24) is 0 Å². The Morgan fingerprint density at radius 2 is 1.85 bits per heavy atom. The molecule has 0 bridgehead atoms. The standard InChI is InChI=1S/C22H23NO4/c1-14-6-5-9-17-20(14)22(25,15-10-11-18-19(12-15)27-13-26-18)21(24)23(17)16-7-3-2-4-8-16/h5-6,9-12,16,25H,2-4,7-8,13H2,1H3. The van der Waals surface area contributed by atoms with Crippen LogP contribution in [0.5, 0.6) is 11.5 Å². The van der Waals surface area contributed by atoms with Crippen LogP contribution >= 0.6 is 0 Å². The van der Waals surface area contributed by atoms with Crippen LogP contribution in [0.2, 0.25) is 0 Å². The first-order valence-corrected chi connectivity index (χ1v) is 9.67. The lowest BCUT2D eigenvalue weighted by molar-refractivity contribution is -0.132. The molecule has 1 saturated carbocycles. The summed E-state index contributed by atoms with van der Waals surface area (Å²) in [4.78, 5) is 15.5. The molecular formula is C22H23NO4. The van der Waals surface area contributed by atoms with Crippen molar-refractivity contribution in [1.29, 1.82) is 0 Å². The van der Waals surface area contributed by atoms with Crippen LogP contribution in [-0.4, -0.2) is 23.8 Å². The van der Waals surface area contributed by atoms with E-state index in [9.17, 15) is 9.90 Å². The quantitative estimate of drug-likeness (QED) is 0.883. The van der Waals surface area contributed by atoms with Gasteiger partial charge in [-0.05, 0) is 43.5 Å². The Bertz CT molecular complexity index is 919. The molecule has 140 valence electrons. The zero-order valence-corrected chi connectivity index (χ0v) is 15.4. The Hall–Kier alpha value is -2.53. The molecule has 1 unspecified atom stereocenters. The lowest BCUT2D eigenvalue weighted by atomic mass is 9.85. The van der Waals surface area contributed by atoms with Crippen molar-refractivity contribution in [2.45, 2.75) is 50.7 Å². The summed E-state index contributed by atoms with van der Waals surface area (Å²) in [6.45, 7) is 2.11. The lowest BCUT2D eigenvalue weighted by Crippen LogP contribution is -2.46. The minimum Gasteiger partial charge on any atom is -0.454 e. The van der Waals surface area contributed by atoms with E-state index in [1.54, 1.807) is 18.2 Å². The van der Waals surface area contributed by atoms with Gasteiger partial charge in [0, 0.05) is 17.2 Å². The monoisotopic (exact) mass is 365 g/mol. The first-order valence-electron chi connectivity index (χ1n) is 9.67. The molecular weight excluding hydrogens is 342 g/mol. The Labute approximate surface area is 158 Å². The van der Waals surface area contributed by atoms with Gasteiger partial charge in [-0.1, -0.05) is 37.5 Å². The van der Waals surface area contributed by atoms with E-state index in [1.807, 2.05) is 30.0 Å². The summed E-state index contributed by atoms with van der Waals surface area (Å²) in [6.07, 6.45) is 5.43. The molecule has 1 N–H and O–H groups in total. The highest BCUT2D eigenvalue weighted by Gasteiger charge is 2.53. The van der Waals surface area contributed by atoms with Gasteiger partial charge in [0.05, 0.1) is 5.69 Å². The number of hydrogen-bond donors (Lipinski definition) is 1. The maximum absolute atomic E-state index is 13.6. The Kier molecular flexibility index (Phi) is 3.69. The number of benzene rings is 2. The fourth-order valence-electron chi connectivity index (χ4n) is 4.81. The van der Waals surface area contributed by atoms with E-state index in [2.05, 4.69) is 0 Å². The minimum atomic E-state index is -1.70. The molecule has 3 aliphatic rings. The molecule has 5 nitrogen and oxygen atoms in total. The molecule has 2 heterocycles. The third kappa shape index (κ3) is 2.31. The van der Waals surface area contributed by atoms with Crippen LogP contribution < -0.4 is 14.4 Å². The predicted octanol–water partition coefficient (Wildman–Crippen LogP) is 3.64. The molecule has 2 aromatic carbocycles. The topological polar surface area (TPSA) is 59.0 Å². The number of hydrogen-bond acceptors (Lipinski definition) is 4. The molecule has 0 saturated heterocycles. The average molecular weight is 365 g/mol. The second-order valence-corrected chi connectivity index (χ2v) is 7.71. The fraction of sp³-hybridized carbons (Fsp3) is 0.409. The van der Waals surface area contributed by atoms with Crippen molar-refractivity contribution in [2.24, 2.45) is 0 Å². The largest absolute Gasteiger partial charge is 0.454 e. The van der Waals surface area contributed by atoms with Gasteiger partial charge in [-0.15, -0.1) is 0 Å². The van der Waals surface area contributed by atoms with E-state index >= 15 is 0 Å².